The third-order valence-electron chi connectivity index (χ3n) is 7.89. The number of aryl methyl sites for hydroxylation is 1. The van der Waals surface area contributed by atoms with Gasteiger partial charge in [0.1, 0.15) is 13.1 Å². The summed E-state index contributed by atoms with van der Waals surface area (Å²) in [6.07, 6.45) is 6.99. The fourth-order valence-electron chi connectivity index (χ4n) is 5.76. The zero-order chi connectivity index (χ0) is 26.2. The number of rotatable bonds is 7. The van der Waals surface area contributed by atoms with E-state index in [0.29, 0.717) is 5.56 Å². The van der Waals surface area contributed by atoms with E-state index >= 15 is 0 Å². The molecule has 5 heteroatoms. The average Bonchev–Trinajstić information content (AvgIpc) is 2.87. The van der Waals surface area contributed by atoms with Crippen LogP contribution in [0, 0.1) is 6.92 Å². The minimum atomic E-state index is -2.03. The Kier molecular flexibility index (Phi) is 7.23. The number of aromatic carboxylic acids is 1. The highest BCUT2D eigenvalue weighted by atomic mass is 28.3. The summed E-state index contributed by atoms with van der Waals surface area (Å²) in [4.78, 5) is 14.0. The van der Waals surface area contributed by atoms with Crippen LogP contribution in [0.25, 0.3) is 5.57 Å². The van der Waals surface area contributed by atoms with Crippen molar-refractivity contribution in [1.82, 2.24) is 0 Å². The Morgan fingerprint density at radius 2 is 1.61 bits per heavy atom. The predicted molar refractivity (Wildman–Crippen MR) is 155 cm³/mol. The van der Waals surface area contributed by atoms with Gasteiger partial charge in [0.25, 0.3) is 0 Å². The van der Waals surface area contributed by atoms with Crippen molar-refractivity contribution in [2.75, 3.05) is 31.1 Å². The summed E-state index contributed by atoms with van der Waals surface area (Å²) in [5.74, 6) is -0.889. The first kappa shape index (κ1) is 25.9. The number of anilines is 1. The molecule has 4 rings (SSSR count). The van der Waals surface area contributed by atoms with Crippen LogP contribution in [0.2, 0.25) is 13.1 Å². The van der Waals surface area contributed by atoms with Crippen LogP contribution in [-0.2, 0) is 0 Å². The number of fused-ring (bicyclic) bond motifs is 2. The van der Waals surface area contributed by atoms with Crippen LogP contribution in [0.15, 0.2) is 65.4 Å². The fourth-order valence-corrected chi connectivity index (χ4v) is 8.83. The standard InChI is InChI=1S/C31H38N2O2Si/c1-8-32(9-2)23-13-16-26-28(19-23)36(6,7)29-20-24(33(10-3)11-4)14-17-27(29)30(26)25-15-12-22(31(34)35)18-21(25)5/h12-20H,8-11H2,1-7H3/q-1/p+1. The van der Waals surface area contributed by atoms with E-state index in [1.165, 1.54) is 38.5 Å². The monoisotopic (exact) mass is 499 g/mol. The zero-order valence-electron chi connectivity index (χ0n) is 22.8. The van der Waals surface area contributed by atoms with E-state index in [4.69, 9.17) is 0 Å². The van der Waals surface area contributed by atoms with Crippen LogP contribution in [0.5, 0.6) is 0 Å². The van der Waals surface area contributed by atoms with Gasteiger partial charge in [-0.1, -0.05) is 32.3 Å². The quantitative estimate of drug-likeness (QED) is 0.387. The summed E-state index contributed by atoms with van der Waals surface area (Å²) in [7, 11) is -2.03. The van der Waals surface area contributed by atoms with Crippen LogP contribution in [-0.4, -0.2) is 55.6 Å². The fraction of sp³-hybridized carbons (Fsp3) is 0.355. The SMILES string of the molecule is CCN(CC)c1ccc2c(c1)[Si-](C)(C)C1=CC(=[N+](CC)CC)C=CC1=C2c1ccc(C(=O)O)cc1C. The highest BCUT2D eigenvalue weighted by Crippen LogP contribution is 2.42. The molecule has 2 aliphatic rings. The molecule has 0 radical (unpaired) electrons. The Hall–Kier alpha value is -3.18. The minimum absolute atomic E-state index is 0.330. The van der Waals surface area contributed by atoms with Crippen molar-refractivity contribution in [3.05, 3.63) is 87.6 Å². The van der Waals surface area contributed by atoms with E-state index in [2.05, 4.69) is 86.7 Å². The topological polar surface area (TPSA) is 43.5 Å². The maximum Gasteiger partial charge on any atom is 0.335 e. The smallest absolute Gasteiger partial charge is 0.335 e. The number of hydrogen-bond acceptors (Lipinski definition) is 2. The van der Waals surface area contributed by atoms with Crippen LogP contribution in [0.1, 0.15) is 54.7 Å². The second-order valence-electron chi connectivity index (χ2n) is 10.1. The number of allylic oxidation sites excluding steroid dienone is 5. The van der Waals surface area contributed by atoms with E-state index in [-0.39, 0.29) is 0 Å². The van der Waals surface area contributed by atoms with Gasteiger partial charge in [0.2, 0.25) is 0 Å². The maximum atomic E-state index is 11.6. The van der Waals surface area contributed by atoms with Crippen molar-refractivity contribution in [2.24, 2.45) is 0 Å². The van der Waals surface area contributed by atoms with Crippen LogP contribution >= 0.6 is 0 Å². The van der Waals surface area contributed by atoms with E-state index in [1.807, 2.05) is 13.0 Å². The molecule has 0 amide bonds. The molecule has 0 unspecified atom stereocenters. The molecule has 1 aliphatic heterocycles. The largest absolute Gasteiger partial charge is 0.478 e. The Morgan fingerprint density at radius 3 is 2.19 bits per heavy atom. The van der Waals surface area contributed by atoms with Gasteiger partial charge in [-0.05, 0) is 86.7 Å². The summed E-state index contributed by atoms with van der Waals surface area (Å²) in [6.45, 7) is 19.7. The third kappa shape index (κ3) is 4.30. The first-order valence-corrected chi connectivity index (χ1v) is 16.2. The number of benzene rings is 2. The lowest BCUT2D eigenvalue weighted by atomic mass is 9.87. The summed E-state index contributed by atoms with van der Waals surface area (Å²) >= 11 is 0. The van der Waals surface area contributed by atoms with Crippen molar-refractivity contribution in [1.29, 1.82) is 0 Å². The normalized spacial score (nSPS) is 15.9. The predicted octanol–water partition coefficient (Wildman–Crippen LogP) is 5.80. The van der Waals surface area contributed by atoms with Gasteiger partial charge in [-0.15, -0.1) is 0 Å². The molecule has 1 aliphatic carbocycles. The third-order valence-corrected chi connectivity index (χ3v) is 11.4. The van der Waals surface area contributed by atoms with Gasteiger partial charge >= 0.3 is 5.97 Å². The van der Waals surface area contributed by atoms with Gasteiger partial charge in [-0.2, -0.15) is 23.5 Å². The van der Waals surface area contributed by atoms with E-state index in [1.54, 1.807) is 12.1 Å². The number of carboxylic acids is 1. The summed E-state index contributed by atoms with van der Waals surface area (Å²) in [5.41, 5.74) is 8.78. The highest BCUT2D eigenvalue weighted by Gasteiger charge is 2.32. The van der Waals surface area contributed by atoms with Crippen LogP contribution in [0.3, 0.4) is 0 Å². The average molecular weight is 500 g/mol. The molecule has 0 saturated carbocycles. The molecule has 2 aromatic rings. The molecule has 0 saturated heterocycles. The molecular formula is C31H39N2O2Si. The Morgan fingerprint density at radius 1 is 0.944 bits per heavy atom. The summed E-state index contributed by atoms with van der Waals surface area (Å²) in [6, 6.07) is 12.5. The Balaban J connectivity index is 2.06. The second-order valence-corrected chi connectivity index (χ2v) is 14.5. The molecule has 0 atom stereocenters. The molecule has 189 valence electrons. The highest BCUT2D eigenvalue weighted by molar-refractivity contribution is 6.98. The van der Waals surface area contributed by atoms with Crippen molar-refractivity contribution < 1.29 is 14.5 Å². The van der Waals surface area contributed by atoms with Gasteiger partial charge < -0.3 is 10.0 Å². The van der Waals surface area contributed by atoms with E-state index in [9.17, 15) is 9.90 Å². The number of carbonyl (C=O) groups is 1. The molecule has 0 fully saturated rings. The van der Waals surface area contributed by atoms with Crippen molar-refractivity contribution in [3.63, 3.8) is 0 Å². The first-order valence-electron chi connectivity index (χ1n) is 13.2. The lowest BCUT2D eigenvalue weighted by Gasteiger charge is -2.47. The van der Waals surface area contributed by atoms with Crippen molar-refractivity contribution in [2.45, 2.75) is 47.7 Å². The van der Waals surface area contributed by atoms with Crippen LogP contribution in [0.4, 0.5) is 5.69 Å². The van der Waals surface area contributed by atoms with Gasteiger partial charge in [-0.25, -0.2) is 9.37 Å². The number of hydrogen-bond donors (Lipinski definition) is 1. The molecule has 2 aromatic carbocycles. The van der Waals surface area contributed by atoms with Gasteiger partial charge in [0.15, 0.2) is 5.71 Å². The van der Waals surface area contributed by atoms with E-state index in [0.717, 1.165) is 37.3 Å². The lowest BCUT2D eigenvalue weighted by Crippen LogP contribution is -2.50. The number of carboxylic acid groups (broad SMARTS) is 1. The van der Waals surface area contributed by atoms with Crippen molar-refractivity contribution in [3.8, 4) is 0 Å². The van der Waals surface area contributed by atoms with Crippen LogP contribution < -0.4 is 10.1 Å². The minimum Gasteiger partial charge on any atom is -0.478 e. The van der Waals surface area contributed by atoms with Gasteiger partial charge in [0.05, 0.1) is 5.56 Å². The lowest BCUT2D eigenvalue weighted by molar-refractivity contribution is -0.519. The zero-order valence-corrected chi connectivity index (χ0v) is 23.8. The molecule has 0 spiro atoms. The molecule has 4 nitrogen and oxygen atoms in total. The molecule has 1 heterocycles. The first-order chi connectivity index (χ1) is 17.2. The summed E-state index contributed by atoms with van der Waals surface area (Å²) < 4.78 is 2.42. The molecular weight excluding hydrogens is 460 g/mol. The molecule has 1 N–H and O–H groups in total. The van der Waals surface area contributed by atoms with Gasteiger partial charge in [-0.3, -0.25) is 0 Å². The van der Waals surface area contributed by atoms with E-state index < -0.39 is 14.0 Å². The van der Waals surface area contributed by atoms with Gasteiger partial charge in [0, 0.05) is 24.9 Å². The Labute approximate surface area is 217 Å². The van der Waals surface area contributed by atoms with Crippen molar-refractivity contribution >= 4 is 36.2 Å². The second kappa shape index (κ2) is 10.1. The summed E-state index contributed by atoms with van der Waals surface area (Å²) in [5, 5.41) is 12.4. The molecule has 36 heavy (non-hydrogen) atoms. The Bertz CT molecular complexity index is 1330. The molecule has 0 aromatic heterocycles. The number of nitrogens with zero attached hydrogens (tertiary/aromatic N) is 2. The molecule has 0 bridgehead atoms. The maximum absolute atomic E-state index is 11.6.